The van der Waals surface area contributed by atoms with Crippen LogP contribution in [0, 0.1) is 6.92 Å². The number of thiophene rings is 1. The van der Waals surface area contributed by atoms with Crippen molar-refractivity contribution in [3.05, 3.63) is 57.8 Å². The van der Waals surface area contributed by atoms with Gasteiger partial charge in [0.15, 0.2) is 5.78 Å². The summed E-state index contributed by atoms with van der Waals surface area (Å²) in [6.45, 7) is 2.05. The van der Waals surface area contributed by atoms with E-state index in [9.17, 15) is 4.79 Å². The Morgan fingerprint density at radius 3 is 2.53 bits per heavy atom. The second-order valence-corrected chi connectivity index (χ2v) is 4.51. The third-order valence-electron chi connectivity index (χ3n) is 2.28. The number of rotatable bonds is 3. The molecular weight excluding hydrogens is 204 g/mol. The van der Waals surface area contributed by atoms with E-state index in [2.05, 4.69) is 0 Å². The van der Waals surface area contributed by atoms with Crippen molar-refractivity contribution in [2.24, 2.45) is 0 Å². The quantitative estimate of drug-likeness (QED) is 0.718. The molecule has 0 radical (unpaired) electrons. The second kappa shape index (κ2) is 4.41. The van der Waals surface area contributed by atoms with Gasteiger partial charge >= 0.3 is 0 Å². The first kappa shape index (κ1) is 10.1. The van der Waals surface area contributed by atoms with Gasteiger partial charge in [-0.15, -0.1) is 11.3 Å². The summed E-state index contributed by atoms with van der Waals surface area (Å²) in [6, 6.07) is 11.9. The van der Waals surface area contributed by atoms with Gasteiger partial charge in [-0.1, -0.05) is 35.9 Å². The lowest BCUT2D eigenvalue weighted by molar-refractivity contribution is 0.0997. The Kier molecular flexibility index (Phi) is 2.97. The molecule has 0 N–H and O–H groups in total. The molecule has 0 atom stereocenters. The Bertz CT molecular complexity index is 440. The number of Topliss-reactive ketones (excluding diaryl/α,β-unsaturated/α-hetero) is 1. The summed E-state index contributed by atoms with van der Waals surface area (Å²) in [4.78, 5) is 12.6. The van der Waals surface area contributed by atoms with Crippen molar-refractivity contribution < 1.29 is 4.79 Å². The fourth-order valence-corrected chi connectivity index (χ4v) is 2.08. The van der Waals surface area contributed by atoms with Crippen LogP contribution >= 0.6 is 11.3 Å². The van der Waals surface area contributed by atoms with Gasteiger partial charge in [-0.05, 0) is 23.9 Å². The standard InChI is InChI=1S/C13H12OS/c1-10-4-6-11(7-5-10)9-12(14)13-3-2-8-15-13/h2-8H,9H2,1H3. The topological polar surface area (TPSA) is 17.1 Å². The third-order valence-corrected chi connectivity index (χ3v) is 3.19. The minimum Gasteiger partial charge on any atom is -0.293 e. The summed E-state index contributed by atoms with van der Waals surface area (Å²) in [6.07, 6.45) is 0.501. The Morgan fingerprint density at radius 1 is 1.20 bits per heavy atom. The number of hydrogen-bond donors (Lipinski definition) is 0. The van der Waals surface area contributed by atoms with Gasteiger partial charge in [-0.2, -0.15) is 0 Å². The van der Waals surface area contributed by atoms with Gasteiger partial charge in [0, 0.05) is 6.42 Å². The van der Waals surface area contributed by atoms with E-state index in [1.165, 1.54) is 16.9 Å². The van der Waals surface area contributed by atoms with Crippen LogP contribution in [0.15, 0.2) is 41.8 Å². The lowest BCUT2D eigenvalue weighted by Crippen LogP contribution is -2.00. The normalized spacial score (nSPS) is 10.2. The zero-order valence-electron chi connectivity index (χ0n) is 8.57. The van der Waals surface area contributed by atoms with E-state index in [1.54, 1.807) is 0 Å². The van der Waals surface area contributed by atoms with Gasteiger partial charge in [-0.25, -0.2) is 0 Å². The summed E-state index contributed by atoms with van der Waals surface area (Å²) >= 11 is 1.50. The van der Waals surface area contributed by atoms with E-state index in [-0.39, 0.29) is 5.78 Å². The van der Waals surface area contributed by atoms with Crippen molar-refractivity contribution in [1.82, 2.24) is 0 Å². The van der Waals surface area contributed by atoms with Crippen LogP contribution in [0.25, 0.3) is 0 Å². The lowest BCUT2D eigenvalue weighted by Gasteiger charge is -1.99. The van der Waals surface area contributed by atoms with Crippen LogP contribution in [0.5, 0.6) is 0 Å². The Labute approximate surface area is 93.4 Å². The molecule has 0 aliphatic carbocycles. The number of hydrogen-bond acceptors (Lipinski definition) is 2. The fourth-order valence-electron chi connectivity index (χ4n) is 1.42. The van der Waals surface area contributed by atoms with Crippen LogP contribution in [0.1, 0.15) is 20.8 Å². The fraction of sp³-hybridized carbons (Fsp3) is 0.154. The molecule has 0 bridgehead atoms. The molecule has 2 heteroatoms. The van der Waals surface area contributed by atoms with Crippen molar-refractivity contribution in [3.63, 3.8) is 0 Å². The van der Waals surface area contributed by atoms with Gasteiger partial charge in [0.1, 0.15) is 0 Å². The molecule has 1 nitrogen and oxygen atoms in total. The van der Waals surface area contributed by atoms with Crippen molar-refractivity contribution in [1.29, 1.82) is 0 Å². The molecule has 0 spiro atoms. The molecule has 0 unspecified atom stereocenters. The minimum atomic E-state index is 0.203. The average molecular weight is 216 g/mol. The molecule has 2 rings (SSSR count). The predicted molar refractivity (Wildman–Crippen MR) is 63.5 cm³/mol. The summed E-state index contributed by atoms with van der Waals surface area (Å²) in [5.41, 5.74) is 2.31. The lowest BCUT2D eigenvalue weighted by atomic mass is 10.1. The third kappa shape index (κ3) is 2.54. The maximum absolute atomic E-state index is 11.8. The van der Waals surface area contributed by atoms with E-state index in [1.807, 2.05) is 48.7 Å². The molecule has 0 aliphatic rings. The maximum Gasteiger partial charge on any atom is 0.177 e. The van der Waals surface area contributed by atoms with Crippen LogP contribution in [-0.4, -0.2) is 5.78 Å². The van der Waals surface area contributed by atoms with E-state index in [0.29, 0.717) is 6.42 Å². The van der Waals surface area contributed by atoms with Crippen molar-refractivity contribution in [3.8, 4) is 0 Å². The zero-order chi connectivity index (χ0) is 10.7. The number of carbonyl (C=O) groups is 1. The van der Waals surface area contributed by atoms with E-state index in [0.717, 1.165) is 10.4 Å². The SMILES string of the molecule is Cc1ccc(CC(=O)c2cccs2)cc1. The highest BCUT2D eigenvalue weighted by Crippen LogP contribution is 2.13. The van der Waals surface area contributed by atoms with Crippen LogP contribution in [-0.2, 0) is 6.42 Å². The molecule has 1 aromatic heterocycles. The van der Waals surface area contributed by atoms with Gasteiger partial charge in [0.25, 0.3) is 0 Å². The highest BCUT2D eigenvalue weighted by Gasteiger charge is 2.07. The molecule has 0 fully saturated rings. The minimum absolute atomic E-state index is 0.203. The molecule has 76 valence electrons. The smallest absolute Gasteiger partial charge is 0.177 e. The monoisotopic (exact) mass is 216 g/mol. The number of benzene rings is 1. The van der Waals surface area contributed by atoms with Gasteiger partial charge in [-0.3, -0.25) is 4.79 Å². The van der Waals surface area contributed by atoms with E-state index >= 15 is 0 Å². The number of ketones is 1. The number of carbonyl (C=O) groups excluding carboxylic acids is 1. The van der Waals surface area contributed by atoms with Crippen LogP contribution in [0.2, 0.25) is 0 Å². The summed E-state index contributed by atoms with van der Waals surface area (Å²) < 4.78 is 0. The first-order valence-corrected chi connectivity index (χ1v) is 5.76. The molecule has 2 aromatic rings. The van der Waals surface area contributed by atoms with Gasteiger partial charge in [0.05, 0.1) is 4.88 Å². The Morgan fingerprint density at radius 2 is 1.93 bits per heavy atom. The van der Waals surface area contributed by atoms with Gasteiger partial charge in [0.2, 0.25) is 0 Å². The van der Waals surface area contributed by atoms with Crippen molar-refractivity contribution in [2.45, 2.75) is 13.3 Å². The van der Waals surface area contributed by atoms with Gasteiger partial charge < -0.3 is 0 Å². The predicted octanol–water partition coefficient (Wildman–Crippen LogP) is 3.48. The molecular formula is C13H12OS. The number of aryl methyl sites for hydroxylation is 1. The molecule has 1 aromatic carbocycles. The Hall–Kier alpha value is -1.41. The molecule has 0 saturated heterocycles. The molecule has 15 heavy (non-hydrogen) atoms. The highest BCUT2D eigenvalue weighted by atomic mass is 32.1. The van der Waals surface area contributed by atoms with Crippen molar-refractivity contribution >= 4 is 17.1 Å². The first-order valence-electron chi connectivity index (χ1n) is 4.88. The highest BCUT2D eigenvalue weighted by molar-refractivity contribution is 7.12. The average Bonchev–Trinajstić information content (AvgIpc) is 2.74. The van der Waals surface area contributed by atoms with E-state index in [4.69, 9.17) is 0 Å². The zero-order valence-corrected chi connectivity index (χ0v) is 9.38. The molecule has 0 aliphatic heterocycles. The molecule has 1 heterocycles. The largest absolute Gasteiger partial charge is 0.293 e. The summed E-state index contributed by atoms with van der Waals surface area (Å²) in [5, 5.41) is 1.93. The van der Waals surface area contributed by atoms with Crippen molar-refractivity contribution in [2.75, 3.05) is 0 Å². The van der Waals surface area contributed by atoms with Crippen LogP contribution in [0.3, 0.4) is 0 Å². The van der Waals surface area contributed by atoms with Crippen LogP contribution < -0.4 is 0 Å². The summed E-state index contributed by atoms with van der Waals surface area (Å²) in [5.74, 6) is 0.203. The Balaban J connectivity index is 2.09. The van der Waals surface area contributed by atoms with Crippen LogP contribution in [0.4, 0.5) is 0 Å². The molecule has 0 saturated carbocycles. The first-order chi connectivity index (χ1) is 7.25. The second-order valence-electron chi connectivity index (χ2n) is 3.56. The van der Waals surface area contributed by atoms with E-state index < -0.39 is 0 Å². The molecule has 0 amide bonds. The summed E-state index contributed by atoms with van der Waals surface area (Å²) in [7, 11) is 0. The maximum atomic E-state index is 11.8.